The van der Waals surface area contributed by atoms with Gasteiger partial charge in [-0.3, -0.25) is 14.9 Å². The number of benzene rings is 1. The third-order valence-electron chi connectivity index (χ3n) is 4.14. The van der Waals surface area contributed by atoms with Crippen LogP contribution in [0.4, 0.5) is 5.69 Å². The summed E-state index contributed by atoms with van der Waals surface area (Å²) in [6.45, 7) is 3.81. The van der Waals surface area contributed by atoms with Crippen LogP contribution in [0, 0.1) is 23.0 Å². The zero-order chi connectivity index (χ0) is 16.4. The molecular formula is C15H18N2O5. The lowest BCUT2D eigenvalue weighted by atomic mass is 9.91. The number of nitrogens with zero attached hydrogens (tertiary/aromatic N) is 2. The summed E-state index contributed by atoms with van der Waals surface area (Å²) in [6, 6.07) is 3.40. The average Bonchev–Trinajstić information content (AvgIpc) is 2.46. The number of hydrogen-bond acceptors (Lipinski definition) is 4. The molecule has 1 amide bonds. The smallest absolute Gasteiger partial charge is 0.326 e. The van der Waals surface area contributed by atoms with Gasteiger partial charge in [-0.25, -0.2) is 4.79 Å². The van der Waals surface area contributed by atoms with Crippen LogP contribution in [-0.4, -0.2) is 39.4 Å². The van der Waals surface area contributed by atoms with Gasteiger partial charge in [-0.1, -0.05) is 13.0 Å². The third-order valence-corrected chi connectivity index (χ3v) is 4.14. The van der Waals surface area contributed by atoms with Crippen molar-refractivity contribution in [1.82, 2.24) is 4.90 Å². The highest BCUT2D eigenvalue weighted by Crippen LogP contribution is 2.27. The Hall–Kier alpha value is -2.44. The summed E-state index contributed by atoms with van der Waals surface area (Å²) >= 11 is 0. The summed E-state index contributed by atoms with van der Waals surface area (Å²) in [7, 11) is 0. The molecule has 1 aromatic carbocycles. The van der Waals surface area contributed by atoms with E-state index in [1.54, 1.807) is 0 Å². The fraction of sp³-hybridized carbons (Fsp3) is 0.467. The van der Waals surface area contributed by atoms with Gasteiger partial charge >= 0.3 is 5.97 Å². The second kappa shape index (κ2) is 6.13. The van der Waals surface area contributed by atoms with Crippen LogP contribution in [0.15, 0.2) is 18.2 Å². The number of rotatable bonds is 3. The Balaban J connectivity index is 2.37. The van der Waals surface area contributed by atoms with Crippen molar-refractivity contribution in [1.29, 1.82) is 0 Å². The molecule has 0 bridgehead atoms. The highest BCUT2D eigenvalue weighted by atomic mass is 16.6. The van der Waals surface area contributed by atoms with Crippen LogP contribution in [0.1, 0.15) is 35.7 Å². The summed E-state index contributed by atoms with van der Waals surface area (Å²) in [6.07, 6.45) is 1.12. The normalized spacial score (nSPS) is 21.5. The van der Waals surface area contributed by atoms with Crippen molar-refractivity contribution < 1.29 is 19.6 Å². The van der Waals surface area contributed by atoms with Crippen LogP contribution in [0.2, 0.25) is 0 Å². The van der Waals surface area contributed by atoms with Crippen molar-refractivity contribution in [2.45, 2.75) is 32.7 Å². The van der Waals surface area contributed by atoms with E-state index in [2.05, 4.69) is 0 Å². The lowest BCUT2D eigenvalue weighted by Crippen LogP contribution is -2.49. The average molecular weight is 306 g/mol. The minimum Gasteiger partial charge on any atom is -0.480 e. The van der Waals surface area contributed by atoms with E-state index >= 15 is 0 Å². The van der Waals surface area contributed by atoms with Crippen LogP contribution in [0.5, 0.6) is 0 Å². The van der Waals surface area contributed by atoms with Gasteiger partial charge in [0, 0.05) is 23.7 Å². The van der Waals surface area contributed by atoms with Crippen molar-refractivity contribution in [3.8, 4) is 0 Å². The van der Waals surface area contributed by atoms with E-state index in [0.29, 0.717) is 13.0 Å². The predicted octanol–water partition coefficient (Wildman–Crippen LogP) is 2.23. The highest BCUT2D eigenvalue weighted by Gasteiger charge is 2.36. The Bertz CT molecular complexity index is 628. The van der Waals surface area contributed by atoms with Crippen molar-refractivity contribution in [3.63, 3.8) is 0 Å². The SMILES string of the molecule is Cc1c(C(=O)N2CCC(C)CC2C(=O)O)cccc1[N+](=O)[O-]. The summed E-state index contributed by atoms with van der Waals surface area (Å²) in [5, 5.41) is 20.3. The van der Waals surface area contributed by atoms with E-state index in [9.17, 15) is 24.8 Å². The van der Waals surface area contributed by atoms with Gasteiger partial charge < -0.3 is 10.0 Å². The van der Waals surface area contributed by atoms with Crippen LogP contribution in [-0.2, 0) is 4.79 Å². The van der Waals surface area contributed by atoms with E-state index in [1.807, 2.05) is 6.92 Å². The zero-order valence-corrected chi connectivity index (χ0v) is 12.5. The van der Waals surface area contributed by atoms with Gasteiger partial charge in [-0.05, 0) is 31.7 Å². The molecule has 0 spiro atoms. The van der Waals surface area contributed by atoms with Gasteiger partial charge in [0.05, 0.1) is 4.92 Å². The number of carboxylic acid groups (broad SMARTS) is 1. The molecule has 1 saturated heterocycles. The Labute approximate surface area is 127 Å². The summed E-state index contributed by atoms with van der Waals surface area (Å²) in [5.74, 6) is -1.26. The van der Waals surface area contributed by atoms with Crippen molar-refractivity contribution in [2.75, 3.05) is 6.54 Å². The lowest BCUT2D eigenvalue weighted by Gasteiger charge is -2.36. The molecule has 7 heteroatoms. The Kier molecular flexibility index (Phi) is 4.44. The molecule has 0 radical (unpaired) electrons. The molecule has 2 unspecified atom stereocenters. The summed E-state index contributed by atoms with van der Waals surface area (Å²) in [5.41, 5.74) is 0.318. The maximum absolute atomic E-state index is 12.7. The highest BCUT2D eigenvalue weighted by molar-refractivity contribution is 5.98. The molecule has 0 saturated carbocycles. The predicted molar refractivity (Wildman–Crippen MR) is 78.7 cm³/mol. The van der Waals surface area contributed by atoms with Gasteiger partial charge in [-0.2, -0.15) is 0 Å². The lowest BCUT2D eigenvalue weighted by molar-refractivity contribution is -0.385. The molecule has 22 heavy (non-hydrogen) atoms. The summed E-state index contributed by atoms with van der Waals surface area (Å²) < 4.78 is 0. The van der Waals surface area contributed by atoms with E-state index in [-0.39, 0.29) is 22.7 Å². The zero-order valence-electron chi connectivity index (χ0n) is 12.5. The first kappa shape index (κ1) is 15.9. The molecule has 1 aliphatic heterocycles. The molecule has 0 aromatic heterocycles. The first-order chi connectivity index (χ1) is 10.3. The number of carbonyl (C=O) groups is 2. The standard InChI is InChI=1S/C15H18N2O5/c1-9-6-7-16(13(8-9)15(19)20)14(18)11-4-3-5-12(10(11)2)17(21)22/h3-5,9,13H,6-8H2,1-2H3,(H,19,20). The summed E-state index contributed by atoms with van der Waals surface area (Å²) in [4.78, 5) is 35.8. The number of amides is 1. The quantitative estimate of drug-likeness (QED) is 0.681. The van der Waals surface area contributed by atoms with E-state index in [1.165, 1.54) is 30.0 Å². The Morgan fingerprint density at radius 3 is 2.68 bits per heavy atom. The maximum Gasteiger partial charge on any atom is 0.326 e. The Morgan fingerprint density at radius 2 is 2.09 bits per heavy atom. The number of aliphatic carboxylic acids is 1. The largest absolute Gasteiger partial charge is 0.480 e. The van der Waals surface area contributed by atoms with Gasteiger partial charge in [0.15, 0.2) is 0 Å². The van der Waals surface area contributed by atoms with Crippen LogP contribution < -0.4 is 0 Å². The molecule has 0 aliphatic carbocycles. The van der Waals surface area contributed by atoms with Gasteiger partial charge in [0.1, 0.15) is 6.04 Å². The molecular weight excluding hydrogens is 288 g/mol. The number of nitro benzene ring substituents is 1. The van der Waals surface area contributed by atoms with Gasteiger partial charge in [0.25, 0.3) is 11.6 Å². The maximum atomic E-state index is 12.7. The number of hydrogen-bond donors (Lipinski definition) is 1. The number of nitro groups is 1. The molecule has 2 atom stereocenters. The van der Waals surface area contributed by atoms with Crippen molar-refractivity contribution in [2.24, 2.45) is 5.92 Å². The fourth-order valence-electron chi connectivity index (χ4n) is 2.83. The molecule has 1 fully saturated rings. The molecule has 1 aliphatic rings. The topological polar surface area (TPSA) is 101 Å². The molecule has 1 heterocycles. The monoisotopic (exact) mass is 306 g/mol. The number of carboxylic acids is 1. The second-order valence-electron chi connectivity index (χ2n) is 5.69. The van der Waals surface area contributed by atoms with Gasteiger partial charge in [0.2, 0.25) is 0 Å². The Morgan fingerprint density at radius 1 is 1.41 bits per heavy atom. The van der Waals surface area contributed by atoms with E-state index in [4.69, 9.17) is 0 Å². The van der Waals surface area contributed by atoms with Crippen molar-refractivity contribution in [3.05, 3.63) is 39.4 Å². The third kappa shape index (κ3) is 2.93. The van der Waals surface area contributed by atoms with Gasteiger partial charge in [-0.15, -0.1) is 0 Å². The molecule has 118 valence electrons. The van der Waals surface area contributed by atoms with Crippen molar-refractivity contribution >= 4 is 17.6 Å². The minimum absolute atomic E-state index is 0.136. The first-order valence-corrected chi connectivity index (χ1v) is 7.10. The van der Waals surface area contributed by atoms with Crippen LogP contribution in [0.3, 0.4) is 0 Å². The van der Waals surface area contributed by atoms with E-state index in [0.717, 1.165) is 6.42 Å². The van der Waals surface area contributed by atoms with E-state index < -0.39 is 22.8 Å². The number of carbonyl (C=O) groups excluding carboxylic acids is 1. The fourth-order valence-corrected chi connectivity index (χ4v) is 2.83. The molecule has 2 rings (SSSR count). The molecule has 1 N–H and O–H groups in total. The van der Waals surface area contributed by atoms with Crippen LogP contribution in [0.25, 0.3) is 0 Å². The van der Waals surface area contributed by atoms with Crippen LogP contribution >= 0.6 is 0 Å². The minimum atomic E-state index is -1.04. The number of likely N-dealkylation sites (tertiary alicyclic amines) is 1. The second-order valence-corrected chi connectivity index (χ2v) is 5.69. The first-order valence-electron chi connectivity index (χ1n) is 7.10. The molecule has 1 aromatic rings. The number of piperidine rings is 1. The molecule has 7 nitrogen and oxygen atoms in total.